The first kappa shape index (κ1) is 18.2. The van der Waals surface area contributed by atoms with Crippen molar-refractivity contribution in [3.63, 3.8) is 0 Å². The van der Waals surface area contributed by atoms with Gasteiger partial charge in [-0.25, -0.2) is 9.97 Å². The number of H-pyrrole nitrogens is 1. The molecule has 8 nitrogen and oxygen atoms in total. The van der Waals surface area contributed by atoms with Gasteiger partial charge in [0.25, 0.3) is 0 Å². The summed E-state index contributed by atoms with van der Waals surface area (Å²) in [5.74, 6) is 3.68. The lowest BCUT2D eigenvalue weighted by Gasteiger charge is -2.34. The second-order valence-electron chi connectivity index (χ2n) is 7.79. The van der Waals surface area contributed by atoms with E-state index in [2.05, 4.69) is 55.2 Å². The van der Waals surface area contributed by atoms with E-state index in [4.69, 9.17) is 4.98 Å². The average Bonchev–Trinajstić information content (AvgIpc) is 3.33. The maximum atomic E-state index is 4.87. The number of nitrogens with one attached hydrogen (secondary N) is 2. The van der Waals surface area contributed by atoms with E-state index in [1.807, 2.05) is 6.92 Å². The van der Waals surface area contributed by atoms with Crippen LogP contribution >= 0.6 is 0 Å². The lowest BCUT2D eigenvalue weighted by atomic mass is 10.0. The molecule has 1 atom stereocenters. The average molecular weight is 371 g/mol. The summed E-state index contributed by atoms with van der Waals surface area (Å²) >= 11 is 0. The molecule has 2 aromatic heterocycles. The smallest absolute Gasteiger partial charge is 0.227 e. The molecule has 146 valence electrons. The van der Waals surface area contributed by atoms with E-state index in [9.17, 15) is 0 Å². The number of aromatic amines is 1. The Morgan fingerprint density at radius 2 is 1.78 bits per heavy atom. The molecular weight excluding hydrogens is 340 g/mol. The van der Waals surface area contributed by atoms with Crippen molar-refractivity contribution >= 4 is 11.8 Å². The van der Waals surface area contributed by atoms with Crippen molar-refractivity contribution in [1.82, 2.24) is 30.5 Å². The number of anilines is 2. The van der Waals surface area contributed by atoms with Crippen molar-refractivity contribution in [2.75, 3.05) is 36.0 Å². The molecule has 2 aliphatic heterocycles. The van der Waals surface area contributed by atoms with Gasteiger partial charge >= 0.3 is 0 Å². The Bertz CT molecular complexity index is 759. The molecule has 0 saturated carbocycles. The van der Waals surface area contributed by atoms with Gasteiger partial charge in [-0.2, -0.15) is 10.1 Å². The molecule has 0 spiro atoms. The standard InChI is InChI=1S/C19H30N8/c1-13-12-17(23-19(20-13)27-8-4-5-9-27)26-10-6-16(7-11-26)21-14(2)18-22-15(3)24-25-18/h12,14,16,21H,4-11H2,1-3H3,(H,22,24,25)/t14-/m1/s1. The van der Waals surface area contributed by atoms with E-state index in [0.29, 0.717) is 6.04 Å². The first-order chi connectivity index (χ1) is 13.1. The van der Waals surface area contributed by atoms with Crippen molar-refractivity contribution in [2.45, 2.75) is 58.5 Å². The minimum absolute atomic E-state index is 0.162. The van der Waals surface area contributed by atoms with Crippen LogP contribution in [0.2, 0.25) is 0 Å². The zero-order valence-electron chi connectivity index (χ0n) is 16.6. The predicted molar refractivity (Wildman–Crippen MR) is 106 cm³/mol. The largest absolute Gasteiger partial charge is 0.356 e. The number of nitrogens with zero attached hydrogens (tertiary/aromatic N) is 6. The molecule has 8 heteroatoms. The van der Waals surface area contributed by atoms with Gasteiger partial charge in [0.1, 0.15) is 11.6 Å². The molecule has 4 heterocycles. The summed E-state index contributed by atoms with van der Waals surface area (Å²) in [5, 5.41) is 10.9. The van der Waals surface area contributed by atoms with Gasteiger partial charge in [-0.05, 0) is 46.5 Å². The molecular formula is C19H30N8. The van der Waals surface area contributed by atoms with E-state index in [1.165, 1.54) is 12.8 Å². The number of hydrogen-bond donors (Lipinski definition) is 2. The Morgan fingerprint density at radius 3 is 2.44 bits per heavy atom. The highest BCUT2D eigenvalue weighted by Gasteiger charge is 2.24. The maximum Gasteiger partial charge on any atom is 0.227 e. The summed E-state index contributed by atoms with van der Waals surface area (Å²) in [4.78, 5) is 18.7. The first-order valence-electron chi connectivity index (χ1n) is 10.1. The Hall–Kier alpha value is -2.22. The topological polar surface area (TPSA) is 85.9 Å². The lowest BCUT2D eigenvalue weighted by molar-refractivity contribution is 0.373. The summed E-state index contributed by atoms with van der Waals surface area (Å²) in [6.07, 6.45) is 4.67. The monoisotopic (exact) mass is 370 g/mol. The van der Waals surface area contributed by atoms with Crippen molar-refractivity contribution < 1.29 is 0 Å². The summed E-state index contributed by atoms with van der Waals surface area (Å²) in [5.41, 5.74) is 1.05. The second-order valence-corrected chi connectivity index (χ2v) is 7.79. The number of rotatable bonds is 5. The Labute approximate surface area is 160 Å². The van der Waals surface area contributed by atoms with E-state index in [-0.39, 0.29) is 6.04 Å². The first-order valence-corrected chi connectivity index (χ1v) is 10.1. The van der Waals surface area contributed by atoms with E-state index >= 15 is 0 Å². The molecule has 0 bridgehead atoms. The highest BCUT2D eigenvalue weighted by Crippen LogP contribution is 2.24. The quantitative estimate of drug-likeness (QED) is 0.834. The lowest BCUT2D eigenvalue weighted by Crippen LogP contribution is -2.44. The van der Waals surface area contributed by atoms with Crippen LogP contribution in [0.15, 0.2) is 6.07 Å². The Morgan fingerprint density at radius 1 is 1.04 bits per heavy atom. The van der Waals surface area contributed by atoms with Crippen LogP contribution < -0.4 is 15.1 Å². The summed E-state index contributed by atoms with van der Waals surface area (Å²) in [6.45, 7) is 10.3. The Kier molecular flexibility index (Phi) is 5.24. The summed E-state index contributed by atoms with van der Waals surface area (Å²) < 4.78 is 0. The van der Waals surface area contributed by atoms with Crippen LogP contribution in [-0.2, 0) is 0 Å². The molecule has 0 amide bonds. The molecule has 2 saturated heterocycles. The maximum absolute atomic E-state index is 4.87. The van der Waals surface area contributed by atoms with E-state index in [0.717, 1.165) is 68.1 Å². The van der Waals surface area contributed by atoms with Crippen molar-refractivity contribution in [3.8, 4) is 0 Å². The normalized spacial score (nSPS) is 19.7. The molecule has 2 fully saturated rings. The molecule has 2 N–H and O–H groups in total. The fourth-order valence-electron chi connectivity index (χ4n) is 4.01. The zero-order chi connectivity index (χ0) is 18.8. The minimum atomic E-state index is 0.162. The number of aryl methyl sites for hydroxylation is 2. The molecule has 27 heavy (non-hydrogen) atoms. The van der Waals surface area contributed by atoms with Crippen LogP contribution in [0, 0.1) is 13.8 Å². The van der Waals surface area contributed by atoms with Gasteiger partial charge < -0.3 is 15.1 Å². The van der Waals surface area contributed by atoms with Gasteiger partial charge in [-0.3, -0.25) is 5.10 Å². The van der Waals surface area contributed by atoms with Gasteiger partial charge in [0.2, 0.25) is 5.95 Å². The van der Waals surface area contributed by atoms with Crippen LogP contribution in [0.25, 0.3) is 0 Å². The van der Waals surface area contributed by atoms with Crippen molar-refractivity contribution in [1.29, 1.82) is 0 Å². The number of piperidine rings is 1. The molecule has 4 rings (SSSR count). The third-order valence-corrected chi connectivity index (χ3v) is 5.52. The van der Waals surface area contributed by atoms with Crippen LogP contribution in [0.4, 0.5) is 11.8 Å². The molecule has 2 aromatic rings. The van der Waals surface area contributed by atoms with Gasteiger partial charge in [0.05, 0.1) is 6.04 Å². The van der Waals surface area contributed by atoms with Gasteiger partial charge in [0, 0.05) is 44.0 Å². The van der Waals surface area contributed by atoms with Gasteiger partial charge in [-0.15, -0.1) is 0 Å². The molecule has 2 aliphatic rings. The van der Waals surface area contributed by atoms with E-state index in [1.54, 1.807) is 0 Å². The van der Waals surface area contributed by atoms with Crippen LogP contribution in [0.1, 0.15) is 56.0 Å². The molecule has 0 radical (unpaired) electrons. The SMILES string of the molecule is Cc1cc(N2CCC(N[C@H](C)c3n[nH]c(C)n3)CC2)nc(N2CCCC2)n1. The third kappa shape index (κ3) is 4.21. The summed E-state index contributed by atoms with van der Waals surface area (Å²) in [6, 6.07) is 2.76. The van der Waals surface area contributed by atoms with Crippen LogP contribution in [0.5, 0.6) is 0 Å². The fourth-order valence-corrected chi connectivity index (χ4v) is 4.01. The molecule has 0 aromatic carbocycles. The van der Waals surface area contributed by atoms with E-state index < -0.39 is 0 Å². The van der Waals surface area contributed by atoms with Crippen LogP contribution in [0.3, 0.4) is 0 Å². The molecule has 0 aliphatic carbocycles. The second kappa shape index (κ2) is 7.80. The highest BCUT2D eigenvalue weighted by molar-refractivity contribution is 5.46. The minimum Gasteiger partial charge on any atom is -0.356 e. The zero-order valence-corrected chi connectivity index (χ0v) is 16.6. The van der Waals surface area contributed by atoms with Crippen molar-refractivity contribution in [2.24, 2.45) is 0 Å². The number of aromatic nitrogens is 5. The Balaban J connectivity index is 1.36. The van der Waals surface area contributed by atoms with Gasteiger partial charge in [-0.1, -0.05) is 0 Å². The fraction of sp³-hybridized carbons (Fsp3) is 0.684. The van der Waals surface area contributed by atoms with Gasteiger partial charge in [0.15, 0.2) is 5.82 Å². The van der Waals surface area contributed by atoms with Crippen molar-refractivity contribution in [3.05, 3.63) is 23.4 Å². The number of hydrogen-bond acceptors (Lipinski definition) is 7. The predicted octanol–water partition coefficient (Wildman–Crippen LogP) is 2.13. The molecule has 0 unspecified atom stereocenters. The highest BCUT2D eigenvalue weighted by atomic mass is 15.3. The summed E-state index contributed by atoms with van der Waals surface area (Å²) in [7, 11) is 0. The van der Waals surface area contributed by atoms with Crippen LogP contribution in [-0.4, -0.2) is 57.4 Å². The third-order valence-electron chi connectivity index (χ3n) is 5.52.